The highest BCUT2D eigenvalue weighted by atomic mass is 16.6. The van der Waals surface area contributed by atoms with Crippen molar-refractivity contribution >= 4 is 23.3 Å². The van der Waals surface area contributed by atoms with Gasteiger partial charge in [0.25, 0.3) is 0 Å². The van der Waals surface area contributed by atoms with Gasteiger partial charge in [-0.25, -0.2) is 4.79 Å². The van der Waals surface area contributed by atoms with Crippen molar-refractivity contribution in [2.45, 2.75) is 12.5 Å². The number of carbonyl (C=O) groups is 3. The average molecular weight is 507 g/mol. The van der Waals surface area contributed by atoms with Crippen LogP contribution >= 0.6 is 0 Å². The molecule has 0 saturated carbocycles. The predicted octanol–water partition coefficient (Wildman–Crippen LogP) is 3.69. The summed E-state index contributed by atoms with van der Waals surface area (Å²) in [6.45, 7) is -0.816. The smallest absolute Gasteiger partial charge is 0.377 e. The van der Waals surface area contributed by atoms with E-state index in [1.165, 1.54) is 14.2 Å². The van der Waals surface area contributed by atoms with Crippen molar-refractivity contribution in [1.82, 2.24) is 0 Å². The molecule has 0 fully saturated rings. The number of ketones is 2. The lowest BCUT2D eigenvalue weighted by Gasteiger charge is -2.14. The minimum Gasteiger partial charge on any atom is -0.492 e. The molecule has 8 heteroatoms. The van der Waals surface area contributed by atoms with Gasteiger partial charge in [-0.2, -0.15) is 0 Å². The molecule has 0 amide bonds. The predicted molar refractivity (Wildman–Crippen MR) is 138 cm³/mol. The highest BCUT2D eigenvalue weighted by Crippen LogP contribution is 2.21. The monoisotopic (exact) mass is 506 g/mol. The van der Waals surface area contributed by atoms with Crippen molar-refractivity contribution in [1.29, 1.82) is 0 Å². The van der Waals surface area contributed by atoms with Gasteiger partial charge < -0.3 is 24.4 Å². The molecule has 3 aromatic rings. The van der Waals surface area contributed by atoms with Crippen molar-refractivity contribution in [2.24, 2.45) is 0 Å². The third-order valence-electron chi connectivity index (χ3n) is 4.97. The second-order valence-electron chi connectivity index (χ2n) is 7.62. The number of ether oxygens (including phenoxy) is 3. The summed E-state index contributed by atoms with van der Waals surface area (Å²) >= 11 is 0. The van der Waals surface area contributed by atoms with E-state index in [2.05, 4.69) is 0 Å². The quantitative estimate of drug-likeness (QED) is 0.133. The number of hydrogen-bond donors (Lipinski definition) is 2. The molecule has 0 aliphatic heterocycles. The van der Waals surface area contributed by atoms with Gasteiger partial charge in [0.2, 0.25) is 5.76 Å². The highest BCUT2D eigenvalue weighted by molar-refractivity contribution is 6.13. The fraction of sp³-hybridized carbons (Fsp3) is 0.207. The number of carbonyl (C=O) groups excluding carboxylic acids is 3. The van der Waals surface area contributed by atoms with Crippen LogP contribution in [0, 0.1) is 0 Å². The Labute approximate surface area is 215 Å². The molecular weight excluding hydrogens is 476 g/mol. The van der Waals surface area contributed by atoms with E-state index in [0.717, 1.165) is 0 Å². The van der Waals surface area contributed by atoms with E-state index in [-0.39, 0.29) is 36.1 Å². The summed E-state index contributed by atoms with van der Waals surface area (Å²) in [5.74, 6) is -0.931. The molecule has 1 unspecified atom stereocenters. The van der Waals surface area contributed by atoms with Gasteiger partial charge in [0, 0.05) is 16.7 Å². The van der Waals surface area contributed by atoms with Crippen LogP contribution in [0.4, 0.5) is 0 Å². The van der Waals surface area contributed by atoms with E-state index in [9.17, 15) is 14.4 Å². The lowest BCUT2D eigenvalue weighted by atomic mass is 10.0. The molecule has 0 saturated heterocycles. The minimum absolute atomic E-state index is 0.0754. The lowest BCUT2D eigenvalue weighted by Crippen LogP contribution is -2.23. The van der Waals surface area contributed by atoms with Crippen LogP contribution < -0.4 is 0 Å². The molecule has 0 aliphatic rings. The number of aliphatic hydroxyl groups is 2. The summed E-state index contributed by atoms with van der Waals surface area (Å²) in [6.07, 6.45) is -1.20. The van der Waals surface area contributed by atoms with Crippen molar-refractivity contribution in [3.63, 3.8) is 0 Å². The molecule has 0 aliphatic carbocycles. The second kappa shape index (κ2) is 15.7. The molecule has 1 atom stereocenters. The molecule has 2 N–H and O–H groups in total. The van der Waals surface area contributed by atoms with Crippen LogP contribution in [0.3, 0.4) is 0 Å². The lowest BCUT2D eigenvalue weighted by molar-refractivity contribution is -0.146. The number of Topliss-reactive ketones (excluding diaryl/α,β-unsaturated/α-hetero) is 2. The molecular formula is C29H30O8. The zero-order valence-corrected chi connectivity index (χ0v) is 20.7. The van der Waals surface area contributed by atoms with Crippen molar-refractivity contribution in [3.8, 4) is 0 Å². The maximum absolute atomic E-state index is 11.9. The normalized spacial score (nSPS) is 11.7. The number of esters is 1. The third-order valence-corrected chi connectivity index (χ3v) is 4.97. The standard InChI is InChI=1S/C15H12O2.C14H18O6/c16-14(12-7-3-1-4-8-12)11-15(17)13-9-5-2-6-10-13;1-18-12(10-6-4-3-5-7-10)13(19-2)14(17)20-9-11(16)8-15/h1-10H,11H2;3-7,11,15-16H,8-9H2,1-2H3. The van der Waals surface area contributed by atoms with Crippen molar-refractivity contribution < 1.29 is 38.8 Å². The third kappa shape index (κ3) is 9.36. The Kier molecular flexibility index (Phi) is 12.3. The van der Waals surface area contributed by atoms with Crippen LogP contribution in [0.5, 0.6) is 0 Å². The van der Waals surface area contributed by atoms with Gasteiger partial charge >= 0.3 is 5.97 Å². The van der Waals surface area contributed by atoms with E-state index in [0.29, 0.717) is 16.7 Å². The molecule has 0 aromatic heterocycles. The van der Waals surface area contributed by atoms with Crippen LogP contribution in [0.1, 0.15) is 32.7 Å². The van der Waals surface area contributed by atoms with E-state index < -0.39 is 18.7 Å². The number of benzene rings is 3. The number of methoxy groups -OCH3 is 2. The Morgan fingerprint density at radius 1 is 0.703 bits per heavy atom. The van der Waals surface area contributed by atoms with E-state index in [4.69, 9.17) is 24.4 Å². The summed E-state index contributed by atoms with van der Waals surface area (Å²) in [5.41, 5.74) is 1.82. The molecule has 0 heterocycles. The number of rotatable bonds is 11. The molecule has 0 radical (unpaired) electrons. The number of aliphatic hydroxyl groups excluding tert-OH is 2. The Hall–Kier alpha value is -4.27. The van der Waals surface area contributed by atoms with E-state index in [1.807, 2.05) is 18.2 Å². The van der Waals surface area contributed by atoms with Gasteiger partial charge in [-0.15, -0.1) is 0 Å². The van der Waals surface area contributed by atoms with E-state index >= 15 is 0 Å². The van der Waals surface area contributed by atoms with Gasteiger partial charge in [0.1, 0.15) is 12.7 Å². The minimum atomic E-state index is -1.13. The van der Waals surface area contributed by atoms with Gasteiger partial charge in [0.15, 0.2) is 17.3 Å². The average Bonchev–Trinajstić information content (AvgIpc) is 2.96. The highest BCUT2D eigenvalue weighted by Gasteiger charge is 2.21. The van der Waals surface area contributed by atoms with Crippen molar-refractivity contribution in [2.75, 3.05) is 27.4 Å². The van der Waals surface area contributed by atoms with Crippen LogP contribution in [-0.2, 0) is 19.0 Å². The maximum atomic E-state index is 11.9. The van der Waals surface area contributed by atoms with Gasteiger partial charge in [-0.05, 0) is 0 Å². The summed E-state index contributed by atoms with van der Waals surface area (Å²) in [4.78, 5) is 35.5. The Morgan fingerprint density at radius 2 is 1.14 bits per heavy atom. The SMILES string of the molecule is COC(C(=O)OCC(O)CO)=C(OC)c1ccccc1.O=C(CC(=O)c1ccccc1)c1ccccc1. The van der Waals surface area contributed by atoms with Gasteiger partial charge in [0.05, 0.1) is 27.2 Å². The molecule has 37 heavy (non-hydrogen) atoms. The Balaban J connectivity index is 0.000000263. The van der Waals surface area contributed by atoms with Crippen LogP contribution in [0.2, 0.25) is 0 Å². The first-order valence-corrected chi connectivity index (χ1v) is 11.4. The molecule has 194 valence electrons. The zero-order chi connectivity index (χ0) is 27.0. The summed E-state index contributed by atoms with van der Waals surface area (Å²) in [7, 11) is 2.73. The first-order chi connectivity index (χ1) is 17.9. The topological polar surface area (TPSA) is 119 Å². The fourth-order valence-corrected chi connectivity index (χ4v) is 3.09. The molecule has 3 aromatic carbocycles. The first-order valence-electron chi connectivity index (χ1n) is 11.4. The largest absolute Gasteiger partial charge is 0.492 e. The number of hydrogen-bond acceptors (Lipinski definition) is 8. The second-order valence-corrected chi connectivity index (χ2v) is 7.62. The van der Waals surface area contributed by atoms with Crippen LogP contribution in [-0.4, -0.2) is 61.3 Å². The summed E-state index contributed by atoms with van der Waals surface area (Å²) in [6, 6.07) is 26.7. The molecule has 0 bridgehead atoms. The van der Waals surface area contributed by atoms with Crippen LogP contribution in [0.15, 0.2) is 96.8 Å². The first kappa shape index (κ1) is 29.0. The molecule has 8 nitrogen and oxygen atoms in total. The Bertz CT molecular complexity index is 1110. The zero-order valence-electron chi connectivity index (χ0n) is 20.7. The fourth-order valence-electron chi connectivity index (χ4n) is 3.09. The summed E-state index contributed by atoms with van der Waals surface area (Å²) in [5, 5.41) is 17.8. The molecule has 0 spiro atoms. The Morgan fingerprint density at radius 3 is 1.51 bits per heavy atom. The maximum Gasteiger partial charge on any atom is 0.377 e. The molecule has 3 rings (SSSR count). The van der Waals surface area contributed by atoms with Gasteiger partial charge in [-0.1, -0.05) is 91.0 Å². The van der Waals surface area contributed by atoms with Crippen LogP contribution in [0.25, 0.3) is 5.76 Å². The van der Waals surface area contributed by atoms with Gasteiger partial charge in [-0.3, -0.25) is 9.59 Å². The van der Waals surface area contributed by atoms with E-state index in [1.54, 1.807) is 72.8 Å². The van der Waals surface area contributed by atoms with Crippen molar-refractivity contribution in [3.05, 3.63) is 113 Å². The summed E-state index contributed by atoms with van der Waals surface area (Å²) < 4.78 is 15.0.